The van der Waals surface area contributed by atoms with E-state index in [0.29, 0.717) is 11.7 Å². The van der Waals surface area contributed by atoms with Crippen molar-refractivity contribution >= 4 is 11.6 Å². The van der Waals surface area contributed by atoms with E-state index in [1.807, 2.05) is 7.05 Å². The van der Waals surface area contributed by atoms with Crippen molar-refractivity contribution in [3.05, 3.63) is 41.5 Å². The number of carbonyl (C=O) groups is 1. The molecule has 3 atom stereocenters. The Morgan fingerprint density at radius 2 is 2.14 bits per heavy atom. The predicted molar refractivity (Wildman–Crippen MR) is 113 cm³/mol. The summed E-state index contributed by atoms with van der Waals surface area (Å²) in [6.07, 6.45) is 10.9. The van der Waals surface area contributed by atoms with E-state index in [-0.39, 0.29) is 11.3 Å². The minimum atomic E-state index is -0.203. The Morgan fingerprint density at radius 3 is 2.90 bits per heavy atom. The first-order valence-electron chi connectivity index (χ1n) is 10.7. The number of nitrogens with one attached hydrogen (secondary N) is 1. The van der Waals surface area contributed by atoms with Gasteiger partial charge in [0.25, 0.3) is 5.91 Å². The van der Waals surface area contributed by atoms with Gasteiger partial charge in [-0.2, -0.15) is 0 Å². The van der Waals surface area contributed by atoms with Gasteiger partial charge >= 0.3 is 0 Å². The van der Waals surface area contributed by atoms with Crippen molar-refractivity contribution < 1.29 is 9.53 Å². The monoisotopic (exact) mass is 394 g/mol. The summed E-state index contributed by atoms with van der Waals surface area (Å²) in [5, 5.41) is 3.03. The highest BCUT2D eigenvalue weighted by atomic mass is 16.5. The fraction of sp³-hybridized carbons (Fsp3) is 0.565. The van der Waals surface area contributed by atoms with E-state index < -0.39 is 0 Å². The van der Waals surface area contributed by atoms with Crippen LogP contribution in [0.5, 0.6) is 5.75 Å². The number of fused-ring (bicyclic) bond motifs is 1. The van der Waals surface area contributed by atoms with Gasteiger partial charge in [0.2, 0.25) is 0 Å². The van der Waals surface area contributed by atoms with Crippen molar-refractivity contribution in [2.45, 2.75) is 50.0 Å². The van der Waals surface area contributed by atoms with Crippen molar-refractivity contribution in [2.24, 2.45) is 13.0 Å². The number of likely N-dealkylation sites (tertiary alicyclic amines) is 1. The van der Waals surface area contributed by atoms with Crippen molar-refractivity contribution in [1.82, 2.24) is 14.5 Å². The maximum absolute atomic E-state index is 12.7. The second-order valence-corrected chi connectivity index (χ2v) is 9.10. The fourth-order valence-corrected chi connectivity index (χ4v) is 6.22. The molecular formula is C23H30N4O2. The van der Waals surface area contributed by atoms with Crippen LogP contribution in [0.4, 0.5) is 5.69 Å². The van der Waals surface area contributed by atoms with Crippen molar-refractivity contribution in [2.75, 3.05) is 26.0 Å². The summed E-state index contributed by atoms with van der Waals surface area (Å²) >= 11 is 0. The van der Waals surface area contributed by atoms with Crippen LogP contribution in [0.3, 0.4) is 0 Å². The Hall–Kier alpha value is -2.34. The Bertz CT molecular complexity index is 952. The molecule has 2 bridgehead atoms. The quantitative estimate of drug-likeness (QED) is 0.867. The molecule has 6 nitrogen and oxygen atoms in total. The molecule has 2 heterocycles. The van der Waals surface area contributed by atoms with E-state index in [1.54, 1.807) is 24.2 Å². The highest BCUT2D eigenvalue weighted by Gasteiger charge is 2.53. The minimum Gasteiger partial charge on any atom is -0.495 e. The summed E-state index contributed by atoms with van der Waals surface area (Å²) in [6, 6.07) is 4.99. The lowest BCUT2D eigenvalue weighted by molar-refractivity contribution is 0.00277. The lowest BCUT2D eigenvalue weighted by atomic mass is 9.52. The van der Waals surface area contributed by atoms with Gasteiger partial charge in [-0.3, -0.25) is 4.79 Å². The maximum atomic E-state index is 12.7. The molecule has 0 radical (unpaired) electrons. The third-order valence-electron chi connectivity index (χ3n) is 7.62. The molecule has 2 aromatic rings. The number of ether oxygens (including phenoxy) is 1. The van der Waals surface area contributed by atoms with Crippen LogP contribution in [-0.4, -0.2) is 47.1 Å². The zero-order valence-electron chi connectivity index (χ0n) is 17.6. The van der Waals surface area contributed by atoms with E-state index in [2.05, 4.69) is 34.4 Å². The number of imidazole rings is 1. The number of aryl methyl sites for hydroxylation is 1. The molecule has 1 saturated carbocycles. The van der Waals surface area contributed by atoms with Crippen LogP contribution in [-0.2, 0) is 18.9 Å². The van der Waals surface area contributed by atoms with E-state index >= 15 is 0 Å². The third-order valence-corrected chi connectivity index (χ3v) is 7.62. The van der Waals surface area contributed by atoms with Crippen LogP contribution in [0.15, 0.2) is 24.7 Å². The summed E-state index contributed by atoms with van der Waals surface area (Å²) in [7, 11) is 5.83. The number of methoxy groups -OCH3 is 1. The van der Waals surface area contributed by atoms with Crippen LogP contribution in [0.25, 0.3) is 0 Å². The van der Waals surface area contributed by atoms with E-state index in [9.17, 15) is 4.79 Å². The largest absolute Gasteiger partial charge is 0.495 e. The number of likely N-dealkylation sites (N-methyl/N-ethyl adjacent to an activating group) is 1. The normalized spacial score (nSPS) is 28.4. The fourth-order valence-electron chi connectivity index (χ4n) is 6.22. The Balaban J connectivity index is 1.55. The average molecular weight is 395 g/mol. The second-order valence-electron chi connectivity index (χ2n) is 9.10. The van der Waals surface area contributed by atoms with Gasteiger partial charge < -0.3 is 19.5 Å². The predicted octanol–water partition coefficient (Wildman–Crippen LogP) is 3.37. The zero-order chi connectivity index (χ0) is 20.2. The zero-order valence-corrected chi connectivity index (χ0v) is 17.6. The molecule has 1 amide bonds. The first kappa shape index (κ1) is 18.7. The Morgan fingerprint density at radius 1 is 1.28 bits per heavy atom. The van der Waals surface area contributed by atoms with Crippen molar-refractivity contribution in [3.63, 3.8) is 0 Å². The lowest BCUT2D eigenvalue weighted by Gasteiger charge is -2.58. The van der Waals surface area contributed by atoms with Gasteiger partial charge in [0.05, 0.1) is 19.1 Å². The van der Waals surface area contributed by atoms with Gasteiger partial charge in [-0.15, -0.1) is 0 Å². The average Bonchev–Trinajstić information content (AvgIpc) is 3.17. The molecule has 3 aliphatic rings. The molecule has 1 saturated heterocycles. The summed E-state index contributed by atoms with van der Waals surface area (Å²) in [4.78, 5) is 19.4. The van der Waals surface area contributed by atoms with Gasteiger partial charge in [-0.05, 0) is 68.5 Å². The number of hydrogen-bond donors (Lipinski definition) is 1. The first-order chi connectivity index (χ1) is 14.0. The highest BCUT2D eigenvalue weighted by Crippen LogP contribution is 2.56. The molecule has 1 aromatic carbocycles. The number of nitrogens with zero attached hydrogens (tertiary/aromatic N) is 3. The van der Waals surface area contributed by atoms with E-state index in [1.165, 1.54) is 49.8 Å². The number of carbonyl (C=O) groups excluding carboxylic acids is 1. The summed E-state index contributed by atoms with van der Waals surface area (Å²) in [5.41, 5.74) is 4.28. The third kappa shape index (κ3) is 2.88. The number of amides is 1. The minimum absolute atomic E-state index is 0.203. The summed E-state index contributed by atoms with van der Waals surface area (Å²) in [5.74, 6) is 1.29. The molecule has 1 unspecified atom stereocenters. The number of piperidine rings is 1. The molecular weight excluding hydrogens is 364 g/mol. The lowest BCUT2D eigenvalue weighted by Crippen LogP contribution is -2.59. The van der Waals surface area contributed by atoms with Crippen LogP contribution >= 0.6 is 0 Å². The van der Waals surface area contributed by atoms with E-state index in [0.717, 1.165) is 23.8 Å². The van der Waals surface area contributed by atoms with Gasteiger partial charge in [-0.25, -0.2) is 4.98 Å². The molecule has 154 valence electrons. The molecule has 1 aromatic heterocycles. The Kier molecular flexibility index (Phi) is 4.42. The van der Waals surface area contributed by atoms with Gasteiger partial charge in [0.1, 0.15) is 11.4 Å². The molecule has 1 N–H and O–H groups in total. The van der Waals surface area contributed by atoms with Crippen LogP contribution in [0, 0.1) is 5.92 Å². The Labute approximate surface area is 172 Å². The number of aromatic nitrogens is 2. The molecule has 29 heavy (non-hydrogen) atoms. The number of rotatable bonds is 3. The molecule has 2 aliphatic carbocycles. The summed E-state index contributed by atoms with van der Waals surface area (Å²) < 4.78 is 7.51. The topological polar surface area (TPSA) is 59.4 Å². The highest BCUT2D eigenvalue weighted by molar-refractivity contribution is 6.03. The smallest absolute Gasteiger partial charge is 0.275 e. The van der Waals surface area contributed by atoms with E-state index in [4.69, 9.17) is 4.74 Å². The second kappa shape index (κ2) is 6.87. The van der Waals surface area contributed by atoms with Crippen LogP contribution in [0.1, 0.15) is 53.7 Å². The maximum Gasteiger partial charge on any atom is 0.275 e. The van der Waals surface area contributed by atoms with Crippen LogP contribution < -0.4 is 10.1 Å². The van der Waals surface area contributed by atoms with Gasteiger partial charge in [0.15, 0.2) is 0 Å². The standard InChI is InChI=1S/C23H30N4O2/c1-26-13-19(24-14-26)22(28)25-18-10-15-11-20-16-6-4-5-7-23(16,8-9-27(20)2)17(15)12-21(18)29-3/h10,12-14,16,20H,4-9,11H2,1-3H3,(H,25,28)/t16?,20-,23-/m0/s1. The van der Waals surface area contributed by atoms with Gasteiger partial charge in [-0.1, -0.05) is 12.8 Å². The molecule has 5 rings (SSSR count). The molecule has 2 fully saturated rings. The molecule has 1 aliphatic heterocycles. The SMILES string of the molecule is COc1cc2c(cc1NC(=O)c1cn(C)cn1)C[C@H]1C3CCCC[C@@]23CCN1C. The number of hydrogen-bond acceptors (Lipinski definition) is 4. The molecule has 6 heteroatoms. The number of benzene rings is 1. The summed E-state index contributed by atoms with van der Waals surface area (Å²) in [6.45, 7) is 1.17. The first-order valence-corrected chi connectivity index (χ1v) is 10.7. The van der Waals surface area contributed by atoms with Crippen molar-refractivity contribution in [3.8, 4) is 5.75 Å². The number of anilines is 1. The molecule has 0 spiro atoms. The van der Waals surface area contributed by atoms with Gasteiger partial charge in [0, 0.05) is 24.7 Å². The van der Waals surface area contributed by atoms with Crippen LogP contribution in [0.2, 0.25) is 0 Å². The van der Waals surface area contributed by atoms with Crippen molar-refractivity contribution in [1.29, 1.82) is 0 Å².